The summed E-state index contributed by atoms with van der Waals surface area (Å²) in [5.41, 5.74) is 4.18. The summed E-state index contributed by atoms with van der Waals surface area (Å²) in [6.07, 6.45) is 4.22. The van der Waals surface area contributed by atoms with Crippen molar-refractivity contribution in [2.75, 3.05) is 53.1 Å². The van der Waals surface area contributed by atoms with Gasteiger partial charge in [0.15, 0.2) is 5.76 Å². The zero-order valence-electron chi connectivity index (χ0n) is 22.9. The Morgan fingerprint density at radius 1 is 0.951 bits per heavy atom. The molecule has 3 aromatic rings. The third kappa shape index (κ3) is 6.15. The van der Waals surface area contributed by atoms with Gasteiger partial charge in [0.25, 0.3) is 5.92 Å². The maximum absolute atomic E-state index is 13.7. The van der Waals surface area contributed by atoms with Gasteiger partial charge in [-0.25, -0.2) is 27.2 Å². The number of hydrogen-bond acceptors (Lipinski definition) is 9. The molecule has 3 fully saturated rings. The molecule has 0 bridgehead atoms. The van der Waals surface area contributed by atoms with E-state index < -0.39 is 22.6 Å². The SMILES string of the molecule is Cc1cc(-c2cc(-c3ccc(NS(=O)(=O)CCO)cc3N3CCC4(CC3)CC4)on2)nc(N2CCC(F)(F)CC2)n1. The van der Waals surface area contributed by atoms with Crippen molar-refractivity contribution < 1.29 is 26.8 Å². The van der Waals surface area contributed by atoms with Gasteiger partial charge < -0.3 is 19.4 Å². The number of piperidine rings is 2. The van der Waals surface area contributed by atoms with Crippen LogP contribution < -0.4 is 14.5 Å². The van der Waals surface area contributed by atoms with Crippen LogP contribution >= 0.6 is 0 Å². The van der Waals surface area contributed by atoms with Crippen molar-refractivity contribution in [2.45, 2.75) is 51.4 Å². The van der Waals surface area contributed by atoms with E-state index >= 15 is 0 Å². The third-order valence-corrected chi connectivity index (χ3v) is 9.68. The smallest absolute Gasteiger partial charge is 0.251 e. The molecule has 1 saturated carbocycles. The summed E-state index contributed by atoms with van der Waals surface area (Å²) in [5, 5.41) is 13.4. The van der Waals surface area contributed by atoms with Crippen LogP contribution in [0.25, 0.3) is 22.7 Å². The highest BCUT2D eigenvalue weighted by atomic mass is 32.2. The molecule has 2 aromatic heterocycles. The molecular weight excluding hydrogens is 554 g/mol. The number of aliphatic hydroxyl groups is 1. The Bertz CT molecular complexity index is 1520. The first-order valence-corrected chi connectivity index (χ1v) is 15.7. The summed E-state index contributed by atoms with van der Waals surface area (Å²) >= 11 is 0. The number of anilines is 3. The van der Waals surface area contributed by atoms with Gasteiger partial charge in [-0.2, -0.15) is 0 Å². The van der Waals surface area contributed by atoms with E-state index in [0.29, 0.717) is 39.9 Å². The molecule has 2 saturated heterocycles. The minimum absolute atomic E-state index is 0.175. The Morgan fingerprint density at radius 3 is 2.34 bits per heavy atom. The maximum atomic E-state index is 13.7. The molecule has 0 atom stereocenters. The number of nitrogens with one attached hydrogen (secondary N) is 1. The van der Waals surface area contributed by atoms with Gasteiger partial charge in [-0.15, -0.1) is 0 Å². The van der Waals surface area contributed by atoms with Gasteiger partial charge in [0, 0.05) is 62.0 Å². The molecule has 220 valence electrons. The molecule has 1 aliphatic carbocycles. The summed E-state index contributed by atoms with van der Waals surface area (Å²) < 4.78 is 60.4. The quantitative estimate of drug-likeness (QED) is 0.393. The fraction of sp³-hybridized carbons (Fsp3) is 0.536. The molecule has 6 rings (SSSR count). The minimum atomic E-state index is -3.69. The van der Waals surface area contributed by atoms with E-state index in [-0.39, 0.29) is 31.7 Å². The van der Waals surface area contributed by atoms with Crippen LogP contribution in [0.2, 0.25) is 0 Å². The molecule has 1 spiro atoms. The van der Waals surface area contributed by atoms with Gasteiger partial charge in [-0.1, -0.05) is 5.16 Å². The molecule has 10 nitrogen and oxygen atoms in total. The lowest BCUT2D eigenvalue weighted by Crippen LogP contribution is -2.40. The normalized spacial score (nSPS) is 19.9. The molecule has 3 aliphatic rings. The van der Waals surface area contributed by atoms with E-state index in [1.807, 2.05) is 13.0 Å². The van der Waals surface area contributed by atoms with Crippen molar-refractivity contribution in [3.8, 4) is 22.7 Å². The highest BCUT2D eigenvalue weighted by Crippen LogP contribution is 2.54. The van der Waals surface area contributed by atoms with Crippen LogP contribution in [-0.4, -0.2) is 73.1 Å². The van der Waals surface area contributed by atoms with E-state index in [1.54, 1.807) is 29.2 Å². The van der Waals surface area contributed by atoms with Gasteiger partial charge in [-0.05, 0) is 62.3 Å². The van der Waals surface area contributed by atoms with E-state index in [9.17, 15) is 17.2 Å². The number of aliphatic hydroxyl groups excluding tert-OH is 1. The molecule has 0 radical (unpaired) electrons. The third-order valence-electron chi connectivity index (χ3n) is 8.41. The van der Waals surface area contributed by atoms with Crippen LogP contribution in [0.3, 0.4) is 0 Å². The predicted octanol–water partition coefficient (Wildman–Crippen LogP) is 4.46. The van der Waals surface area contributed by atoms with Crippen LogP contribution in [0.15, 0.2) is 34.9 Å². The molecule has 2 N–H and O–H groups in total. The van der Waals surface area contributed by atoms with Crippen LogP contribution in [0.5, 0.6) is 0 Å². The first-order chi connectivity index (χ1) is 19.5. The van der Waals surface area contributed by atoms with E-state index in [4.69, 9.17) is 9.63 Å². The first-order valence-electron chi connectivity index (χ1n) is 14.0. The largest absolute Gasteiger partial charge is 0.395 e. The number of aryl methyl sites for hydroxylation is 1. The van der Waals surface area contributed by atoms with Gasteiger partial charge in [0.2, 0.25) is 16.0 Å². The highest BCUT2D eigenvalue weighted by Gasteiger charge is 2.44. The Morgan fingerprint density at radius 2 is 1.66 bits per heavy atom. The molecule has 0 unspecified atom stereocenters. The fourth-order valence-corrected chi connectivity index (χ4v) is 6.53. The number of hydrogen-bond donors (Lipinski definition) is 2. The second-order valence-electron chi connectivity index (χ2n) is 11.5. The zero-order valence-corrected chi connectivity index (χ0v) is 23.8. The maximum Gasteiger partial charge on any atom is 0.251 e. The summed E-state index contributed by atoms with van der Waals surface area (Å²) in [4.78, 5) is 13.1. The van der Waals surface area contributed by atoms with Gasteiger partial charge in [0.05, 0.1) is 23.7 Å². The lowest BCUT2D eigenvalue weighted by Gasteiger charge is -2.35. The van der Waals surface area contributed by atoms with E-state index in [0.717, 1.165) is 37.2 Å². The van der Waals surface area contributed by atoms with Crippen molar-refractivity contribution in [2.24, 2.45) is 5.41 Å². The predicted molar refractivity (Wildman–Crippen MR) is 152 cm³/mol. The highest BCUT2D eigenvalue weighted by molar-refractivity contribution is 7.92. The van der Waals surface area contributed by atoms with Gasteiger partial charge >= 0.3 is 0 Å². The Kier molecular flexibility index (Phi) is 7.13. The van der Waals surface area contributed by atoms with Crippen molar-refractivity contribution in [3.63, 3.8) is 0 Å². The van der Waals surface area contributed by atoms with E-state index in [1.165, 1.54) is 12.8 Å². The minimum Gasteiger partial charge on any atom is -0.395 e. The molecule has 41 heavy (non-hydrogen) atoms. The summed E-state index contributed by atoms with van der Waals surface area (Å²) in [6, 6.07) is 8.85. The monoisotopic (exact) mass is 588 g/mol. The molecule has 1 aromatic carbocycles. The molecule has 2 aliphatic heterocycles. The molecule has 4 heterocycles. The van der Waals surface area contributed by atoms with Gasteiger partial charge in [-0.3, -0.25) is 4.72 Å². The average molecular weight is 589 g/mol. The summed E-state index contributed by atoms with van der Waals surface area (Å²) in [7, 11) is -3.69. The molecular formula is C28H34F2N6O4S. The van der Waals surface area contributed by atoms with Crippen molar-refractivity contribution in [1.82, 2.24) is 15.1 Å². The first kappa shape index (κ1) is 27.8. The number of benzene rings is 1. The Hall–Kier alpha value is -3.32. The second kappa shape index (κ2) is 10.5. The summed E-state index contributed by atoms with van der Waals surface area (Å²) in [5.74, 6) is -2.16. The topological polar surface area (TPSA) is 125 Å². The number of alkyl halides is 2. The zero-order chi connectivity index (χ0) is 28.8. The van der Waals surface area contributed by atoms with Crippen molar-refractivity contribution in [1.29, 1.82) is 0 Å². The number of rotatable bonds is 8. The number of halogens is 2. The van der Waals surface area contributed by atoms with Crippen LogP contribution in [0.1, 0.15) is 44.2 Å². The standard InChI is InChI=1S/C28H34F2N6O4S/c1-19-16-22(32-26(31-19)36-12-8-28(29,30)9-13-36)23-18-25(40-33-23)21-3-2-20(34-41(38,39)15-14-37)17-24(21)35-10-6-27(4-5-27)7-11-35/h2-3,16-18,34,37H,4-15H2,1H3. The van der Waals surface area contributed by atoms with Crippen molar-refractivity contribution in [3.05, 3.63) is 36.0 Å². The molecule has 13 heteroatoms. The average Bonchev–Trinajstić information content (AvgIpc) is 3.48. The van der Waals surface area contributed by atoms with Crippen molar-refractivity contribution >= 4 is 27.3 Å². The molecule has 0 amide bonds. The summed E-state index contributed by atoms with van der Waals surface area (Å²) in [6.45, 7) is 3.41. The number of aromatic nitrogens is 3. The lowest BCUT2D eigenvalue weighted by molar-refractivity contribution is -0.0222. The van der Waals surface area contributed by atoms with Crippen LogP contribution in [-0.2, 0) is 10.0 Å². The number of sulfonamides is 1. The Balaban J connectivity index is 1.30. The van der Waals surface area contributed by atoms with E-state index in [2.05, 4.69) is 24.7 Å². The van der Waals surface area contributed by atoms with Gasteiger partial charge in [0.1, 0.15) is 5.69 Å². The Labute approximate surface area is 237 Å². The fourth-order valence-electron chi connectivity index (χ4n) is 5.70. The van der Waals surface area contributed by atoms with Crippen LogP contribution in [0, 0.1) is 12.3 Å². The second-order valence-corrected chi connectivity index (χ2v) is 13.3. The number of nitrogens with zero attached hydrogens (tertiary/aromatic N) is 5. The lowest BCUT2D eigenvalue weighted by atomic mass is 9.93. The van der Waals surface area contributed by atoms with Crippen LogP contribution in [0.4, 0.5) is 26.1 Å².